The third-order valence-electron chi connectivity index (χ3n) is 4.04. The molecule has 146 valence electrons. The van der Waals surface area contributed by atoms with Gasteiger partial charge in [0.25, 0.3) is 5.56 Å². The Labute approximate surface area is 167 Å². The summed E-state index contributed by atoms with van der Waals surface area (Å²) in [6.45, 7) is 1.51. The van der Waals surface area contributed by atoms with Crippen LogP contribution in [0.4, 0.5) is 8.78 Å². The summed E-state index contributed by atoms with van der Waals surface area (Å²) >= 11 is 3.18. The standard InChI is InChI=1S/C19H16BrF2N3O3/c1-11-24-18(28-10-13-3-4-14(21)6-16(13)22)17(20)19(27)25(11)8-15-5-2-12(9-26)7-23-15/h2-7,26H,8-10H2,1H3. The normalized spacial score (nSPS) is 10.9. The van der Waals surface area contributed by atoms with E-state index in [0.717, 1.165) is 12.1 Å². The molecule has 0 spiro atoms. The molecule has 0 amide bonds. The number of aliphatic hydroxyl groups is 1. The Bertz CT molecular complexity index is 1060. The molecule has 0 atom stereocenters. The van der Waals surface area contributed by atoms with Gasteiger partial charge >= 0.3 is 0 Å². The zero-order valence-corrected chi connectivity index (χ0v) is 16.4. The van der Waals surface area contributed by atoms with Crippen LogP contribution in [0.15, 0.2) is 45.8 Å². The molecule has 0 saturated heterocycles. The van der Waals surface area contributed by atoms with E-state index in [9.17, 15) is 13.6 Å². The van der Waals surface area contributed by atoms with Gasteiger partial charge in [-0.05, 0) is 46.6 Å². The fourth-order valence-electron chi connectivity index (χ4n) is 2.48. The molecule has 0 unspecified atom stereocenters. The van der Waals surface area contributed by atoms with Gasteiger partial charge < -0.3 is 9.84 Å². The van der Waals surface area contributed by atoms with Gasteiger partial charge in [0.15, 0.2) is 0 Å². The first kappa shape index (κ1) is 20.1. The van der Waals surface area contributed by atoms with Crippen molar-refractivity contribution >= 4 is 15.9 Å². The van der Waals surface area contributed by atoms with Gasteiger partial charge in [0.1, 0.15) is 28.5 Å². The smallest absolute Gasteiger partial charge is 0.272 e. The van der Waals surface area contributed by atoms with Gasteiger partial charge in [0, 0.05) is 17.8 Å². The van der Waals surface area contributed by atoms with Crippen molar-refractivity contribution in [2.75, 3.05) is 0 Å². The average molecular weight is 452 g/mol. The summed E-state index contributed by atoms with van der Waals surface area (Å²) in [5.41, 5.74) is 1.06. The van der Waals surface area contributed by atoms with E-state index in [2.05, 4.69) is 25.9 Å². The van der Waals surface area contributed by atoms with E-state index in [1.54, 1.807) is 19.1 Å². The van der Waals surface area contributed by atoms with Gasteiger partial charge in [-0.2, -0.15) is 4.98 Å². The highest BCUT2D eigenvalue weighted by molar-refractivity contribution is 9.10. The summed E-state index contributed by atoms with van der Waals surface area (Å²) in [7, 11) is 0. The maximum atomic E-state index is 13.7. The number of benzene rings is 1. The summed E-state index contributed by atoms with van der Waals surface area (Å²) in [6.07, 6.45) is 1.53. The number of aliphatic hydroxyl groups excluding tert-OH is 1. The SMILES string of the molecule is Cc1nc(OCc2ccc(F)cc2F)c(Br)c(=O)n1Cc1ccc(CO)cn1. The van der Waals surface area contributed by atoms with Crippen LogP contribution in [-0.2, 0) is 19.8 Å². The molecule has 2 aromatic heterocycles. The molecule has 6 nitrogen and oxygen atoms in total. The molecule has 0 radical (unpaired) electrons. The second-order valence-corrected chi connectivity index (χ2v) is 6.80. The number of halogens is 3. The summed E-state index contributed by atoms with van der Waals surface area (Å²) in [4.78, 5) is 21.1. The van der Waals surface area contributed by atoms with Gasteiger partial charge in [0.2, 0.25) is 5.88 Å². The number of rotatable bonds is 6. The number of hydrogen-bond donors (Lipinski definition) is 1. The molecule has 9 heteroatoms. The maximum absolute atomic E-state index is 13.7. The Balaban J connectivity index is 1.82. The van der Waals surface area contributed by atoms with Gasteiger partial charge in [-0.25, -0.2) is 8.78 Å². The van der Waals surface area contributed by atoms with Crippen molar-refractivity contribution in [3.05, 3.63) is 85.6 Å². The zero-order valence-electron chi connectivity index (χ0n) is 14.8. The van der Waals surface area contributed by atoms with Crippen molar-refractivity contribution in [3.63, 3.8) is 0 Å². The lowest BCUT2D eigenvalue weighted by Crippen LogP contribution is -2.26. The Kier molecular flexibility index (Phi) is 6.15. The van der Waals surface area contributed by atoms with E-state index < -0.39 is 11.6 Å². The summed E-state index contributed by atoms with van der Waals surface area (Å²) < 4.78 is 33.7. The van der Waals surface area contributed by atoms with Gasteiger partial charge in [-0.1, -0.05) is 6.07 Å². The highest BCUT2D eigenvalue weighted by Crippen LogP contribution is 2.21. The minimum atomic E-state index is -0.737. The summed E-state index contributed by atoms with van der Waals surface area (Å²) in [5.74, 6) is -1.01. The number of pyridine rings is 1. The molecular weight excluding hydrogens is 436 g/mol. The van der Waals surface area contributed by atoms with E-state index in [-0.39, 0.29) is 41.2 Å². The molecule has 3 aromatic rings. The van der Waals surface area contributed by atoms with Crippen LogP contribution in [0.1, 0.15) is 22.6 Å². The molecule has 2 heterocycles. The first-order chi connectivity index (χ1) is 13.4. The molecule has 0 aliphatic carbocycles. The Morgan fingerprint density at radius 3 is 2.68 bits per heavy atom. The number of hydrogen-bond acceptors (Lipinski definition) is 5. The number of ether oxygens (including phenoxy) is 1. The highest BCUT2D eigenvalue weighted by Gasteiger charge is 2.15. The highest BCUT2D eigenvalue weighted by atomic mass is 79.9. The van der Waals surface area contributed by atoms with Crippen molar-refractivity contribution in [2.24, 2.45) is 0 Å². The van der Waals surface area contributed by atoms with Crippen LogP contribution in [-0.4, -0.2) is 19.6 Å². The summed E-state index contributed by atoms with van der Waals surface area (Å²) in [5, 5.41) is 9.07. The minimum Gasteiger partial charge on any atom is -0.472 e. The first-order valence-corrected chi connectivity index (χ1v) is 9.06. The van der Waals surface area contributed by atoms with Crippen molar-refractivity contribution in [1.29, 1.82) is 0 Å². The van der Waals surface area contributed by atoms with Crippen LogP contribution in [0.5, 0.6) is 5.88 Å². The topological polar surface area (TPSA) is 77.2 Å². The molecule has 0 bridgehead atoms. The Hall–Kier alpha value is -2.65. The van der Waals surface area contributed by atoms with Gasteiger partial charge in [-0.3, -0.25) is 14.3 Å². The number of aromatic nitrogens is 3. The van der Waals surface area contributed by atoms with Gasteiger partial charge in [-0.15, -0.1) is 0 Å². The molecule has 28 heavy (non-hydrogen) atoms. The zero-order chi connectivity index (χ0) is 20.3. The molecule has 1 N–H and O–H groups in total. The van der Waals surface area contributed by atoms with Crippen LogP contribution < -0.4 is 10.3 Å². The lowest BCUT2D eigenvalue weighted by atomic mass is 10.2. The van der Waals surface area contributed by atoms with Crippen LogP contribution >= 0.6 is 15.9 Å². The van der Waals surface area contributed by atoms with Crippen molar-refractivity contribution in [2.45, 2.75) is 26.7 Å². The Morgan fingerprint density at radius 2 is 2.04 bits per heavy atom. The lowest BCUT2D eigenvalue weighted by Gasteiger charge is -2.13. The molecule has 0 saturated carbocycles. The second kappa shape index (κ2) is 8.57. The largest absolute Gasteiger partial charge is 0.472 e. The molecule has 1 aromatic carbocycles. The van der Waals surface area contributed by atoms with E-state index in [4.69, 9.17) is 9.84 Å². The van der Waals surface area contributed by atoms with Crippen LogP contribution in [0.3, 0.4) is 0 Å². The first-order valence-electron chi connectivity index (χ1n) is 8.27. The Morgan fingerprint density at radius 1 is 1.25 bits per heavy atom. The number of nitrogens with zero attached hydrogens (tertiary/aromatic N) is 3. The third kappa shape index (κ3) is 4.42. The predicted octanol–water partition coefficient (Wildman–Crippen LogP) is 3.11. The quantitative estimate of drug-likeness (QED) is 0.622. The molecule has 0 aliphatic heterocycles. The minimum absolute atomic E-state index is 0.0195. The van der Waals surface area contributed by atoms with Crippen molar-refractivity contribution in [1.82, 2.24) is 14.5 Å². The van der Waals surface area contributed by atoms with Crippen LogP contribution in [0.25, 0.3) is 0 Å². The molecule has 0 aliphatic rings. The van der Waals surface area contributed by atoms with Crippen molar-refractivity contribution in [3.8, 4) is 5.88 Å². The van der Waals surface area contributed by atoms with E-state index >= 15 is 0 Å². The maximum Gasteiger partial charge on any atom is 0.272 e. The van der Waals surface area contributed by atoms with E-state index in [1.165, 1.54) is 16.8 Å². The molecular formula is C19H16BrF2N3O3. The average Bonchev–Trinajstić information content (AvgIpc) is 2.68. The fraction of sp³-hybridized carbons (Fsp3) is 0.211. The number of aryl methyl sites for hydroxylation is 1. The third-order valence-corrected chi connectivity index (χ3v) is 4.72. The van der Waals surface area contributed by atoms with E-state index in [1.807, 2.05) is 0 Å². The predicted molar refractivity (Wildman–Crippen MR) is 101 cm³/mol. The van der Waals surface area contributed by atoms with Crippen molar-refractivity contribution < 1.29 is 18.6 Å². The van der Waals surface area contributed by atoms with Crippen LogP contribution in [0, 0.1) is 18.6 Å². The monoisotopic (exact) mass is 451 g/mol. The fourth-order valence-corrected chi connectivity index (χ4v) is 2.90. The molecule has 3 rings (SSSR count). The summed E-state index contributed by atoms with van der Waals surface area (Å²) in [6, 6.07) is 6.60. The van der Waals surface area contributed by atoms with E-state index in [0.29, 0.717) is 17.1 Å². The second-order valence-electron chi connectivity index (χ2n) is 6.01. The lowest BCUT2D eigenvalue weighted by molar-refractivity contribution is 0.281. The van der Waals surface area contributed by atoms with Crippen LogP contribution in [0.2, 0.25) is 0 Å². The van der Waals surface area contributed by atoms with Gasteiger partial charge in [0.05, 0.1) is 18.8 Å². The molecule has 0 fully saturated rings.